The van der Waals surface area contributed by atoms with Crippen molar-refractivity contribution in [3.8, 4) is 5.75 Å². The predicted octanol–water partition coefficient (Wildman–Crippen LogP) is 3.21. The van der Waals surface area contributed by atoms with Gasteiger partial charge in [-0.05, 0) is 55.4 Å². The molecule has 0 amide bonds. The van der Waals surface area contributed by atoms with E-state index in [9.17, 15) is 0 Å². The highest BCUT2D eigenvalue weighted by Gasteiger charge is 2.20. The molecule has 1 aromatic rings. The Kier molecular flexibility index (Phi) is 4.64. The summed E-state index contributed by atoms with van der Waals surface area (Å²) in [5.41, 5.74) is 8.85. The highest BCUT2D eigenvalue weighted by Crippen LogP contribution is 2.34. The molecular formula is C16H22BrNO2. The van der Waals surface area contributed by atoms with E-state index >= 15 is 0 Å². The molecule has 2 unspecified atom stereocenters. The third-order valence-corrected chi connectivity index (χ3v) is 4.65. The number of hydrogen-bond donors (Lipinski definition) is 1. The molecule has 110 valence electrons. The number of benzene rings is 1. The smallest absolute Gasteiger partial charge is 0.125 e. The maximum atomic E-state index is 6.30. The monoisotopic (exact) mass is 339 g/mol. The number of hydrogen-bond acceptors (Lipinski definition) is 3. The first-order valence-electron chi connectivity index (χ1n) is 7.53. The molecule has 3 nitrogen and oxygen atoms in total. The number of ether oxygens (including phenoxy) is 2. The van der Waals surface area contributed by atoms with Crippen molar-refractivity contribution in [1.29, 1.82) is 0 Å². The van der Waals surface area contributed by atoms with Gasteiger partial charge in [0.25, 0.3) is 0 Å². The summed E-state index contributed by atoms with van der Waals surface area (Å²) in [5, 5.41) is 0. The molecule has 20 heavy (non-hydrogen) atoms. The zero-order valence-corrected chi connectivity index (χ0v) is 13.3. The fourth-order valence-electron chi connectivity index (χ4n) is 3.15. The van der Waals surface area contributed by atoms with Gasteiger partial charge in [0.1, 0.15) is 5.75 Å². The third-order valence-electron chi connectivity index (χ3n) is 4.19. The first-order valence-corrected chi connectivity index (χ1v) is 8.33. The van der Waals surface area contributed by atoms with E-state index in [-0.39, 0.29) is 6.04 Å². The maximum Gasteiger partial charge on any atom is 0.125 e. The van der Waals surface area contributed by atoms with Crippen molar-refractivity contribution in [2.24, 2.45) is 5.73 Å². The predicted molar refractivity (Wildman–Crippen MR) is 83.2 cm³/mol. The van der Waals surface area contributed by atoms with E-state index in [0.717, 1.165) is 49.1 Å². The molecule has 0 radical (unpaired) electrons. The van der Waals surface area contributed by atoms with E-state index in [1.807, 2.05) is 0 Å². The summed E-state index contributed by atoms with van der Waals surface area (Å²) in [5.74, 6) is 1.07. The first kappa shape index (κ1) is 14.4. The molecule has 0 bridgehead atoms. The summed E-state index contributed by atoms with van der Waals surface area (Å²) >= 11 is 3.58. The van der Waals surface area contributed by atoms with Crippen LogP contribution >= 0.6 is 15.9 Å². The van der Waals surface area contributed by atoms with Gasteiger partial charge in [-0.25, -0.2) is 0 Å². The summed E-state index contributed by atoms with van der Waals surface area (Å²) in [6.07, 6.45) is 6.83. The molecule has 0 aromatic heterocycles. The lowest BCUT2D eigenvalue weighted by atomic mass is 9.98. The van der Waals surface area contributed by atoms with E-state index in [4.69, 9.17) is 15.2 Å². The molecule has 1 saturated heterocycles. The Bertz CT molecular complexity index is 472. The zero-order valence-electron chi connectivity index (χ0n) is 11.7. The van der Waals surface area contributed by atoms with Gasteiger partial charge in [-0.15, -0.1) is 0 Å². The summed E-state index contributed by atoms with van der Waals surface area (Å²) < 4.78 is 12.5. The van der Waals surface area contributed by atoms with Crippen LogP contribution in [0.5, 0.6) is 5.75 Å². The van der Waals surface area contributed by atoms with E-state index in [0.29, 0.717) is 6.10 Å². The maximum absolute atomic E-state index is 6.30. The summed E-state index contributed by atoms with van der Waals surface area (Å²) in [4.78, 5) is 0. The molecule has 0 aliphatic carbocycles. The molecule has 3 rings (SSSR count). The lowest BCUT2D eigenvalue weighted by molar-refractivity contribution is 0.101. The van der Waals surface area contributed by atoms with E-state index in [1.54, 1.807) is 0 Å². The molecule has 2 atom stereocenters. The molecule has 4 heteroatoms. The van der Waals surface area contributed by atoms with Crippen molar-refractivity contribution in [2.75, 3.05) is 13.2 Å². The first-order chi connectivity index (χ1) is 9.72. The van der Waals surface area contributed by atoms with Crippen LogP contribution in [0, 0.1) is 0 Å². The molecule has 2 aliphatic rings. The minimum absolute atomic E-state index is 0.182. The second kappa shape index (κ2) is 6.46. The van der Waals surface area contributed by atoms with Gasteiger partial charge in [-0.3, -0.25) is 0 Å². The lowest BCUT2D eigenvalue weighted by Gasteiger charge is -2.16. The molecule has 2 heterocycles. The molecule has 1 fully saturated rings. The Labute approximate surface area is 129 Å². The van der Waals surface area contributed by atoms with Crippen molar-refractivity contribution in [3.63, 3.8) is 0 Å². The van der Waals surface area contributed by atoms with Gasteiger partial charge in [0.15, 0.2) is 0 Å². The van der Waals surface area contributed by atoms with Crippen LogP contribution in [-0.4, -0.2) is 25.4 Å². The Balaban J connectivity index is 1.59. The molecule has 2 N–H and O–H groups in total. The van der Waals surface area contributed by atoms with Crippen LogP contribution in [0.4, 0.5) is 0 Å². The van der Waals surface area contributed by atoms with Crippen LogP contribution in [0.15, 0.2) is 16.6 Å². The standard InChI is InChI=1S/C16H22BrNO2/c17-13-8-11-5-7-20-16(11)12(9-13)10-14(18)3-4-15-2-1-6-19-15/h8-9,14-15H,1-7,10,18H2. The molecule has 1 aromatic carbocycles. The average Bonchev–Trinajstić information content (AvgIpc) is 3.06. The number of halogens is 1. The Morgan fingerprint density at radius 2 is 2.25 bits per heavy atom. The lowest BCUT2D eigenvalue weighted by Crippen LogP contribution is -2.24. The molecule has 2 aliphatic heterocycles. The van der Waals surface area contributed by atoms with Gasteiger partial charge < -0.3 is 15.2 Å². The Morgan fingerprint density at radius 3 is 3.05 bits per heavy atom. The van der Waals surface area contributed by atoms with Crippen molar-refractivity contribution >= 4 is 15.9 Å². The molecule has 0 spiro atoms. The molecular weight excluding hydrogens is 318 g/mol. The van der Waals surface area contributed by atoms with Crippen LogP contribution in [-0.2, 0) is 17.6 Å². The van der Waals surface area contributed by atoms with Gasteiger partial charge in [0, 0.05) is 23.5 Å². The van der Waals surface area contributed by atoms with Crippen LogP contribution < -0.4 is 10.5 Å². The average molecular weight is 340 g/mol. The fourth-order valence-corrected chi connectivity index (χ4v) is 3.71. The minimum atomic E-state index is 0.182. The van der Waals surface area contributed by atoms with Crippen molar-refractivity contribution in [3.05, 3.63) is 27.7 Å². The number of rotatable bonds is 5. The summed E-state index contributed by atoms with van der Waals surface area (Å²) in [7, 11) is 0. The highest BCUT2D eigenvalue weighted by molar-refractivity contribution is 9.10. The van der Waals surface area contributed by atoms with Gasteiger partial charge >= 0.3 is 0 Å². The van der Waals surface area contributed by atoms with Gasteiger partial charge in [-0.2, -0.15) is 0 Å². The molecule has 0 saturated carbocycles. The SMILES string of the molecule is NC(CCC1CCCO1)Cc1cc(Br)cc2c1OCC2. The van der Waals surface area contributed by atoms with Crippen molar-refractivity contribution in [1.82, 2.24) is 0 Å². The topological polar surface area (TPSA) is 44.5 Å². The number of fused-ring (bicyclic) bond motifs is 1. The van der Waals surface area contributed by atoms with Crippen LogP contribution in [0.1, 0.15) is 36.8 Å². The Hall–Kier alpha value is -0.580. The van der Waals surface area contributed by atoms with Crippen molar-refractivity contribution < 1.29 is 9.47 Å². The second-order valence-corrected chi connectivity index (χ2v) is 6.74. The third kappa shape index (κ3) is 3.35. The number of nitrogens with two attached hydrogens (primary N) is 1. The van der Waals surface area contributed by atoms with E-state index in [1.165, 1.54) is 24.0 Å². The highest BCUT2D eigenvalue weighted by atomic mass is 79.9. The van der Waals surface area contributed by atoms with Crippen LogP contribution in [0.3, 0.4) is 0 Å². The van der Waals surface area contributed by atoms with E-state index < -0.39 is 0 Å². The van der Waals surface area contributed by atoms with Crippen molar-refractivity contribution in [2.45, 2.75) is 50.7 Å². The second-order valence-electron chi connectivity index (χ2n) is 5.83. The quantitative estimate of drug-likeness (QED) is 0.895. The van der Waals surface area contributed by atoms with Crippen LogP contribution in [0.25, 0.3) is 0 Å². The summed E-state index contributed by atoms with van der Waals surface area (Å²) in [6, 6.07) is 4.49. The summed E-state index contributed by atoms with van der Waals surface area (Å²) in [6.45, 7) is 1.72. The largest absolute Gasteiger partial charge is 0.493 e. The minimum Gasteiger partial charge on any atom is -0.493 e. The van der Waals surface area contributed by atoms with Crippen LogP contribution in [0.2, 0.25) is 0 Å². The zero-order chi connectivity index (χ0) is 13.9. The Morgan fingerprint density at radius 1 is 1.35 bits per heavy atom. The van der Waals surface area contributed by atoms with E-state index in [2.05, 4.69) is 28.1 Å². The normalized spacial score (nSPS) is 22.6. The van der Waals surface area contributed by atoms with Gasteiger partial charge in [0.2, 0.25) is 0 Å². The van der Waals surface area contributed by atoms with Gasteiger partial charge in [0.05, 0.1) is 12.7 Å². The van der Waals surface area contributed by atoms with Gasteiger partial charge in [-0.1, -0.05) is 15.9 Å². The fraction of sp³-hybridized carbons (Fsp3) is 0.625.